The maximum Gasteiger partial charge on any atom is 0.0424 e. The van der Waals surface area contributed by atoms with E-state index in [9.17, 15) is 0 Å². The van der Waals surface area contributed by atoms with Crippen molar-refractivity contribution in [1.82, 2.24) is 0 Å². The van der Waals surface area contributed by atoms with Crippen molar-refractivity contribution >= 4 is 5.87 Å². The summed E-state index contributed by atoms with van der Waals surface area (Å²) < 4.78 is 0. The lowest BCUT2D eigenvalue weighted by molar-refractivity contribution is 1.20. The van der Waals surface area contributed by atoms with E-state index >= 15 is 0 Å². The maximum atomic E-state index is 6.73. The van der Waals surface area contributed by atoms with Crippen LogP contribution < -0.4 is 5.73 Å². The smallest absolute Gasteiger partial charge is 0.0424 e. The van der Waals surface area contributed by atoms with E-state index in [-0.39, 0.29) is 0 Å². The van der Waals surface area contributed by atoms with Gasteiger partial charge in [0.15, 0.2) is 0 Å². The molecule has 0 heterocycles. The van der Waals surface area contributed by atoms with Crippen LogP contribution in [0.25, 0.3) is 0 Å². The molecule has 2 nitrogen and oxygen atoms in total. The Bertz CT molecular complexity index is 179. The molecule has 0 rings (SSSR count). The molecule has 0 aromatic carbocycles. The first-order valence-electron chi connectivity index (χ1n) is 2.79. The summed E-state index contributed by atoms with van der Waals surface area (Å²) in [6.07, 6.45) is 0. The highest BCUT2D eigenvalue weighted by molar-refractivity contribution is 5.60. The third-order valence-corrected chi connectivity index (χ3v) is 1.13. The molecule has 50 valence electrons. The molecule has 0 saturated carbocycles. The Labute approximate surface area is 55.6 Å². The lowest BCUT2D eigenvalue weighted by Crippen LogP contribution is -2.00. The zero-order chi connectivity index (χ0) is 7.44. The van der Waals surface area contributed by atoms with Crippen molar-refractivity contribution in [3.63, 3.8) is 0 Å². The second-order valence-electron chi connectivity index (χ2n) is 2.16. The molecule has 0 aromatic heterocycles. The van der Waals surface area contributed by atoms with E-state index in [1.54, 1.807) is 6.92 Å². The summed E-state index contributed by atoms with van der Waals surface area (Å²) in [4.78, 5) is 0. The molecule has 0 fully saturated rings. The first kappa shape index (κ1) is 7.99. The fourth-order valence-electron chi connectivity index (χ4n) is 0.442. The summed E-state index contributed by atoms with van der Waals surface area (Å²) in [5.74, 6) is 2.23. The van der Waals surface area contributed by atoms with E-state index in [0.29, 0.717) is 11.3 Å². The second kappa shape index (κ2) is 3.10. The SMILES string of the molecule is CC(=C=N)C(N)=C(C)C. The number of hydrogen-bond acceptors (Lipinski definition) is 2. The van der Waals surface area contributed by atoms with E-state index in [0.717, 1.165) is 5.57 Å². The Balaban J connectivity index is 4.60. The van der Waals surface area contributed by atoms with Crippen LogP contribution in [0.3, 0.4) is 0 Å². The maximum absolute atomic E-state index is 6.73. The van der Waals surface area contributed by atoms with Crippen LogP contribution in [0.15, 0.2) is 16.8 Å². The Hall–Kier alpha value is -1.01. The van der Waals surface area contributed by atoms with Crippen molar-refractivity contribution in [1.29, 1.82) is 5.41 Å². The Morgan fingerprint density at radius 1 is 1.33 bits per heavy atom. The third-order valence-electron chi connectivity index (χ3n) is 1.13. The van der Waals surface area contributed by atoms with Crippen molar-refractivity contribution in [2.24, 2.45) is 5.73 Å². The van der Waals surface area contributed by atoms with Gasteiger partial charge >= 0.3 is 0 Å². The molecule has 0 aliphatic heterocycles. The fourth-order valence-corrected chi connectivity index (χ4v) is 0.442. The van der Waals surface area contributed by atoms with Gasteiger partial charge in [0, 0.05) is 11.3 Å². The number of nitrogens with one attached hydrogen (secondary N) is 1. The predicted molar refractivity (Wildman–Crippen MR) is 39.5 cm³/mol. The number of nitrogens with two attached hydrogens (primary N) is 1. The molecule has 0 saturated heterocycles. The zero-order valence-electron chi connectivity index (χ0n) is 6.08. The molecule has 9 heavy (non-hydrogen) atoms. The highest BCUT2D eigenvalue weighted by atomic mass is 14.6. The van der Waals surface area contributed by atoms with Gasteiger partial charge in [-0.2, -0.15) is 0 Å². The van der Waals surface area contributed by atoms with Crippen LogP contribution in [0.5, 0.6) is 0 Å². The molecule has 0 bridgehead atoms. The van der Waals surface area contributed by atoms with Gasteiger partial charge in [-0.3, -0.25) is 5.41 Å². The van der Waals surface area contributed by atoms with E-state index in [1.165, 1.54) is 0 Å². The number of hydrogen-bond donors (Lipinski definition) is 2. The van der Waals surface area contributed by atoms with Crippen molar-refractivity contribution in [3.8, 4) is 0 Å². The molecule has 0 unspecified atom stereocenters. The Morgan fingerprint density at radius 3 is 1.89 bits per heavy atom. The summed E-state index contributed by atoms with van der Waals surface area (Å²) in [7, 11) is 0. The Kier molecular flexibility index (Phi) is 2.75. The van der Waals surface area contributed by atoms with Gasteiger partial charge < -0.3 is 5.73 Å². The average Bonchev–Trinajstić information content (AvgIpc) is 1.84. The minimum Gasteiger partial charge on any atom is -0.398 e. The third kappa shape index (κ3) is 2.15. The fraction of sp³-hybridized carbons (Fsp3) is 0.429. The molecule has 0 radical (unpaired) electrons. The normalized spacial score (nSPS) is 7.89. The summed E-state index contributed by atoms with van der Waals surface area (Å²) in [6, 6.07) is 0. The minimum atomic E-state index is 0.671. The lowest BCUT2D eigenvalue weighted by Gasteiger charge is -1.98. The van der Waals surface area contributed by atoms with Gasteiger partial charge in [0.05, 0.1) is 0 Å². The largest absolute Gasteiger partial charge is 0.398 e. The standard InChI is InChI=1S/C7H12N2/c1-5(2)7(9)6(3)4-8/h8H,9H2,1-3H3. The minimum absolute atomic E-state index is 0.671. The van der Waals surface area contributed by atoms with Crippen molar-refractivity contribution in [2.75, 3.05) is 0 Å². The molecule has 0 aliphatic rings. The monoisotopic (exact) mass is 124 g/mol. The van der Waals surface area contributed by atoms with Crippen LogP contribution >= 0.6 is 0 Å². The average molecular weight is 124 g/mol. The zero-order valence-corrected chi connectivity index (χ0v) is 6.08. The summed E-state index contributed by atoms with van der Waals surface area (Å²) >= 11 is 0. The summed E-state index contributed by atoms with van der Waals surface area (Å²) in [5.41, 5.74) is 7.94. The molecule has 3 N–H and O–H groups in total. The molecule has 0 spiro atoms. The first-order valence-corrected chi connectivity index (χ1v) is 2.79. The van der Waals surface area contributed by atoms with Gasteiger partial charge in [-0.15, -0.1) is 0 Å². The first-order chi connectivity index (χ1) is 4.09. The van der Waals surface area contributed by atoms with Gasteiger partial charge in [-0.25, -0.2) is 0 Å². The summed E-state index contributed by atoms with van der Waals surface area (Å²) in [6.45, 7) is 5.60. The quantitative estimate of drug-likeness (QED) is 0.403. The number of allylic oxidation sites excluding steroid dienone is 2. The topological polar surface area (TPSA) is 49.9 Å². The van der Waals surface area contributed by atoms with Gasteiger partial charge in [-0.05, 0) is 26.6 Å². The van der Waals surface area contributed by atoms with Gasteiger partial charge in [0.25, 0.3) is 0 Å². The van der Waals surface area contributed by atoms with Crippen molar-refractivity contribution in [3.05, 3.63) is 16.8 Å². The molecular weight excluding hydrogens is 112 g/mol. The molecule has 2 heteroatoms. The molecular formula is C7H12N2. The van der Waals surface area contributed by atoms with Gasteiger partial charge in [0.2, 0.25) is 0 Å². The number of rotatable bonds is 1. The van der Waals surface area contributed by atoms with Gasteiger partial charge in [0.1, 0.15) is 0 Å². The van der Waals surface area contributed by atoms with E-state index in [2.05, 4.69) is 5.87 Å². The highest BCUT2D eigenvalue weighted by Gasteiger charge is 1.92. The van der Waals surface area contributed by atoms with Crippen LogP contribution in [0.4, 0.5) is 0 Å². The van der Waals surface area contributed by atoms with E-state index < -0.39 is 0 Å². The van der Waals surface area contributed by atoms with Crippen molar-refractivity contribution < 1.29 is 0 Å². The molecule has 0 atom stereocenters. The van der Waals surface area contributed by atoms with Crippen LogP contribution in [0.2, 0.25) is 0 Å². The van der Waals surface area contributed by atoms with Gasteiger partial charge in [-0.1, -0.05) is 5.57 Å². The lowest BCUT2D eigenvalue weighted by atomic mass is 10.2. The van der Waals surface area contributed by atoms with Crippen LogP contribution in [-0.4, -0.2) is 5.87 Å². The van der Waals surface area contributed by atoms with Crippen LogP contribution in [-0.2, 0) is 0 Å². The highest BCUT2D eigenvalue weighted by Crippen LogP contribution is 2.03. The van der Waals surface area contributed by atoms with E-state index in [4.69, 9.17) is 11.1 Å². The van der Waals surface area contributed by atoms with Crippen LogP contribution in [0, 0.1) is 5.41 Å². The predicted octanol–water partition coefficient (Wildman–Crippen LogP) is 1.43. The molecule has 0 amide bonds. The second-order valence-corrected chi connectivity index (χ2v) is 2.16. The molecule has 0 aromatic rings. The van der Waals surface area contributed by atoms with E-state index in [1.807, 2.05) is 13.8 Å². The summed E-state index contributed by atoms with van der Waals surface area (Å²) in [5, 5.41) is 6.73. The van der Waals surface area contributed by atoms with Crippen molar-refractivity contribution in [2.45, 2.75) is 20.8 Å². The van der Waals surface area contributed by atoms with Crippen LogP contribution in [0.1, 0.15) is 20.8 Å². The molecule has 0 aliphatic carbocycles. The Morgan fingerprint density at radius 2 is 1.78 bits per heavy atom.